The maximum atomic E-state index is 12.0. The minimum atomic E-state index is -1.16. The highest BCUT2D eigenvalue weighted by Crippen LogP contribution is 2.26. The number of carbonyl (C=O) groups excluding carboxylic acids is 1. The van der Waals surface area contributed by atoms with E-state index in [-0.39, 0.29) is 11.0 Å². The van der Waals surface area contributed by atoms with Gasteiger partial charge in [-0.2, -0.15) is 4.80 Å². The predicted octanol–water partition coefficient (Wildman–Crippen LogP) is 4.05. The maximum Gasteiger partial charge on any atom is 0.336 e. The lowest BCUT2D eigenvalue weighted by atomic mass is 9.89. The molecule has 1 aromatic heterocycles. The maximum absolute atomic E-state index is 12.0. The Bertz CT molecular complexity index is 1100. The Labute approximate surface area is 187 Å². The summed E-state index contributed by atoms with van der Waals surface area (Å²) in [5, 5.41) is 19.6. The Hall–Kier alpha value is -3.39. The van der Waals surface area contributed by atoms with Gasteiger partial charge in [0.25, 0.3) is 6.29 Å². The van der Waals surface area contributed by atoms with Crippen LogP contribution in [0.1, 0.15) is 34.1 Å². The summed E-state index contributed by atoms with van der Waals surface area (Å²) in [6.07, 6.45) is -1.79. The number of rotatable bonds is 8. The number of aliphatic hydroxyl groups is 1. The first-order valence-corrected chi connectivity index (χ1v) is 10.3. The molecule has 0 bridgehead atoms. The van der Waals surface area contributed by atoms with E-state index in [0.717, 1.165) is 11.2 Å². The molecular formula is C24H29N3O5. The number of ether oxygens (including phenoxy) is 3. The SMILES string of the molecule is C=C(C)C(=O)OC(Oc1ccc(-n2nc3ccc(OC)cc3n2)cc1)C(O)CC(C)(C)C. The number of aliphatic hydroxyl groups excluding tert-OH is 1. The van der Waals surface area contributed by atoms with E-state index < -0.39 is 18.4 Å². The van der Waals surface area contributed by atoms with E-state index in [2.05, 4.69) is 16.8 Å². The van der Waals surface area contributed by atoms with Crippen molar-refractivity contribution in [3.63, 3.8) is 0 Å². The zero-order valence-electron chi connectivity index (χ0n) is 19.0. The van der Waals surface area contributed by atoms with E-state index in [1.807, 2.05) is 39.0 Å². The fourth-order valence-electron chi connectivity index (χ4n) is 3.04. The molecule has 3 aromatic rings. The molecule has 8 heteroatoms. The van der Waals surface area contributed by atoms with Crippen molar-refractivity contribution >= 4 is 17.0 Å². The first kappa shape index (κ1) is 23.3. The average molecular weight is 440 g/mol. The van der Waals surface area contributed by atoms with Gasteiger partial charge in [0.2, 0.25) is 0 Å². The summed E-state index contributed by atoms with van der Waals surface area (Å²) in [7, 11) is 1.60. The number of esters is 1. The summed E-state index contributed by atoms with van der Waals surface area (Å²) in [4.78, 5) is 13.6. The zero-order chi connectivity index (χ0) is 23.5. The summed E-state index contributed by atoms with van der Waals surface area (Å²) in [6, 6.07) is 12.4. The van der Waals surface area contributed by atoms with Crippen LogP contribution in [0.3, 0.4) is 0 Å². The molecule has 0 saturated heterocycles. The zero-order valence-corrected chi connectivity index (χ0v) is 19.0. The Morgan fingerprint density at radius 2 is 1.72 bits per heavy atom. The summed E-state index contributed by atoms with van der Waals surface area (Å²) in [5.41, 5.74) is 2.21. The molecule has 0 aliphatic carbocycles. The lowest BCUT2D eigenvalue weighted by molar-refractivity contribution is -0.178. The summed E-state index contributed by atoms with van der Waals surface area (Å²) < 4.78 is 16.4. The van der Waals surface area contributed by atoms with E-state index in [0.29, 0.717) is 23.4 Å². The summed E-state index contributed by atoms with van der Waals surface area (Å²) >= 11 is 0. The Balaban J connectivity index is 1.79. The molecule has 1 heterocycles. The van der Waals surface area contributed by atoms with Crippen molar-refractivity contribution in [2.24, 2.45) is 5.41 Å². The van der Waals surface area contributed by atoms with Crippen molar-refractivity contribution in [2.45, 2.75) is 46.5 Å². The minimum Gasteiger partial charge on any atom is -0.497 e. The first-order valence-electron chi connectivity index (χ1n) is 10.3. The van der Waals surface area contributed by atoms with Crippen molar-refractivity contribution in [3.05, 3.63) is 54.6 Å². The van der Waals surface area contributed by atoms with Gasteiger partial charge in [-0.05, 0) is 55.2 Å². The van der Waals surface area contributed by atoms with Crippen molar-refractivity contribution < 1.29 is 24.1 Å². The van der Waals surface area contributed by atoms with E-state index in [1.54, 1.807) is 38.3 Å². The van der Waals surface area contributed by atoms with Gasteiger partial charge >= 0.3 is 5.97 Å². The normalized spacial score (nSPS) is 13.4. The van der Waals surface area contributed by atoms with Crippen LogP contribution in [-0.2, 0) is 9.53 Å². The van der Waals surface area contributed by atoms with Crippen molar-refractivity contribution in [2.75, 3.05) is 7.11 Å². The average Bonchev–Trinajstić information content (AvgIpc) is 3.15. The van der Waals surface area contributed by atoms with Crippen LogP contribution in [-0.4, -0.2) is 45.6 Å². The quantitative estimate of drug-likeness (QED) is 0.321. The van der Waals surface area contributed by atoms with Gasteiger partial charge in [0, 0.05) is 11.6 Å². The van der Waals surface area contributed by atoms with Gasteiger partial charge in [0.05, 0.1) is 12.8 Å². The molecule has 0 spiro atoms. The number of methoxy groups -OCH3 is 1. The molecular weight excluding hydrogens is 410 g/mol. The van der Waals surface area contributed by atoms with Gasteiger partial charge in [-0.15, -0.1) is 10.2 Å². The third-order valence-corrected chi connectivity index (χ3v) is 4.61. The lowest BCUT2D eigenvalue weighted by Crippen LogP contribution is -2.38. The molecule has 3 rings (SSSR count). The van der Waals surface area contributed by atoms with E-state index in [4.69, 9.17) is 14.2 Å². The van der Waals surface area contributed by atoms with Crippen LogP contribution >= 0.6 is 0 Å². The fraction of sp³-hybridized carbons (Fsp3) is 0.375. The number of aromatic nitrogens is 3. The molecule has 0 radical (unpaired) electrons. The summed E-state index contributed by atoms with van der Waals surface area (Å²) in [5.74, 6) is 0.513. The van der Waals surface area contributed by atoms with E-state index in [1.165, 1.54) is 4.80 Å². The topological polar surface area (TPSA) is 95.7 Å². The van der Waals surface area contributed by atoms with Crippen LogP contribution in [0.2, 0.25) is 0 Å². The molecule has 2 aromatic carbocycles. The van der Waals surface area contributed by atoms with Gasteiger partial charge < -0.3 is 19.3 Å². The molecule has 0 aliphatic rings. The molecule has 0 amide bonds. The second-order valence-corrected chi connectivity index (χ2v) is 8.84. The molecule has 32 heavy (non-hydrogen) atoms. The van der Waals surface area contributed by atoms with Crippen LogP contribution in [0.25, 0.3) is 16.7 Å². The third-order valence-electron chi connectivity index (χ3n) is 4.61. The molecule has 2 unspecified atom stereocenters. The largest absolute Gasteiger partial charge is 0.497 e. The predicted molar refractivity (Wildman–Crippen MR) is 121 cm³/mol. The van der Waals surface area contributed by atoms with Gasteiger partial charge in [0.15, 0.2) is 0 Å². The second-order valence-electron chi connectivity index (χ2n) is 8.84. The third kappa shape index (κ3) is 5.85. The van der Waals surface area contributed by atoms with Crippen LogP contribution < -0.4 is 9.47 Å². The van der Waals surface area contributed by atoms with Gasteiger partial charge in [-0.25, -0.2) is 4.79 Å². The van der Waals surface area contributed by atoms with E-state index in [9.17, 15) is 9.90 Å². The lowest BCUT2D eigenvalue weighted by Gasteiger charge is -2.28. The number of benzene rings is 2. The second kappa shape index (κ2) is 9.40. The molecule has 0 saturated carbocycles. The number of nitrogens with zero attached hydrogens (tertiary/aromatic N) is 3. The van der Waals surface area contributed by atoms with Gasteiger partial charge in [-0.1, -0.05) is 27.4 Å². The molecule has 2 atom stereocenters. The van der Waals surface area contributed by atoms with Gasteiger partial charge in [0.1, 0.15) is 28.6 Å². The molecule has 8 nitrogen and oxygen atoms in total. The van der Waals surface area contributed by atoms with E-state index >= 15 is 0 Å². The standard InChI is InChI=1S/C24H29N3O5/c1-15(2)22(29)32-23(21(28)14-24(3,4)5)31-17-9-7-16(8-10-17)27-25-19-12-11-18(30-6)13-20(19)26-27/h7-13,21,23,28H,1,14H2,2-6H3. The molecule has 0 aliphatic heterocycles. The van der Waals surface area contributed by atoms with Gasteiger partial charge in [-0.3, -0.25) is 0 Å². The smallest absolute Gasteiger partial charge is 0.336 e. The highest BCUT2D eigenvalue weighted by molar-refractivity contribution is 5.87. The highest BCUT2D eigenvalue weighted by Gasteiger charge is 2.29. The first-order chi connectivity index (χ1) is 15.1. The van der Waals surface area contributed by atoms with Crippen LogP contribution in [0.4, 0.5) is 0 Å². The number of carbonyl (C=O) groups is 1. The summed E-state index contributed by atoms with van der Waals surface area (Å²) in [6.45, 7) is 11.1. The number of hydrogen-bond donors (Lipinski definition) is 1. The van der Waals surface area contributed by atoms with Crippen molar-refractivity contribution in [3.8, 4) is 17.2 Å². The highest BCUT2D eigenvalue weighted by atomic mass is 16.7. The number of hydrogen-bond acceptors (Lipinski definition) is 7. The van der Waals surface area contributed by atoms with Crippen molar-refractivity contribution in [1.29, 1.82) is 0 Å². The van der Waals surface area contributed by atoms with Crippen molar-refractivity contribution in [1.82, 2.24) is 15.0 Å². The Morgan fingerprint density at radius 3 is 2.31 bits per heavy atom. The van der Waals surface area contributed by atoms with Crippen LogP contribution in [0.5, 0.6) is 11.5 Å². The number of fused-ring (bicyclic) bond motifs is 1. The Morgan fingerprint density at radius 1 is 1.09 bits per heavy atom. The molecule has 170 valence electrons. The molecule has 0 fully saturated rings. The van der Waals surface area contributed by atoms with Crippen LogP contribution in [0.15, 0.2) is 54.6 Å². The minimum absolute atomic E-state index is 0.184. The van der Waals surface area contributed by atoms with Crippen LogP contribution in [0, 0.1) is 5.41 Å². The fourth-order valence-corrected chi connectivity index (χ4v) is 3.04. The molecule has 1 N–H and O–H groups in total. The monoisotopic (exact) mass is 439 g/mol. The Kier molecular flexibility index (Phi) is 6.84.